The minimum Gasteiger partial charge on any atom is -0.456 e. The summed E-state index contributed by atoms with van der Waals surface area (Å²) in [5.41, 5.74) is 25.9. The molecule has 0 saturated heterocycles. The molecule has 3 aliphatic carbocycles. The van der Waals surface area contributed by atoms with E-state index in [1.165, 1.54) is 105 Å². The number of rotatable bonds is 5. The lowest BCUT2D eigenvalue weighted by Gasteiger charge is -2.32. The first-order chi connectivity index (χ1) is 36.0. The molecule has 0 N–H and O–H groups in total. The van der Waals surface area contributed by atoms with E-state index in [0.29, 0.717) is 0 Å². The molecular weight excluding hydrogens is 885 g/mol. The summed E-state index contributed by atoms with van der Waals surface area (Å²) in [5, 5.41) is 4.83. The van der Waals surface area contributed by atoms with E-state index in [-0.39, 0.29) is 5.41 Å². The van der Waals surface area contributed by atoms with Gasteiger partial charge in [0.25, 0.3) is 0 Å². The minimum absolute atomic E-state index is 0.176. The van der Waals surface area contributed by atoms with Gasteiger partial charge in [0.15, 0.2) is 0 Å². The molecule has 3 heteroatoms. The van der Waals surface area contributed by atoms with Crippen molar-refractivity contribution in [3.63, 3.8) is 0 Å². The molecule has 2 aromatic heterocycles. The van der Waals surface area contributed by atoms with Crippen LogP contribution >= 0.6 is 0 Å². The summed E-state index contributed by atoms with van der Waals surface area (Å²) in [5.74, 6) is 0. The smallest absolute Gasteiger partial charge is 0.135 e. The van der Waals surface area contributed by atoms with Crippen molar-refractivity contribution in [2.45, 2.75) is 24.7 Å². The van der Waals surface area contributed by atoms with E-state index in [2.05, 4.69) is 266 Å². The summed E-state index contributed by atoms with van der Waals surface area (Å²) in [6, 6.07) is 90.2. The van der Waals surface area contributed by atoms with Crippen LogP contribution in [0.1, 0.15) is 47.2 Å². The second-order valence-corrected chi connectivity index (χ2v) is 20.7. The van der Waals surface area contributed by atoms with Crippen LogP contribution in [0.25, 0.3) is 93.9 Å². The molecule has 3 nitrogen and oxygen atoms in total. The molecule has 1 atom stereocenters. The highest BCUT2D eigenvalue weighted by atomic mass is 16.3. The fourth-order valence-electron chi connectivity index (χ4n) is 13.7. The third-order valence-corrected chi connectivity index (χ3v) is 16.8. The van der Waals surface area contributed by atoms with Crippen molar-refractivity contribution in [3.05, 3.63) is 276 Å². The SMILES string of the molecule is CC1(C)c2ccccc2-c2ccc(N(c3ccc(-c4ccc5c(c4)c4ccccc4n5-c4ccccc4)cc3)c3cccc4c3-c3ccccc3C43c4ccccc4-c4ccc5oc6ccccc6c5c43)cc21. The Kier molecular flexibility index (Phi) is 8.16. The van der Waals surface area contributed by atoms with Gasteiger partial charge in [0.1, 0.15) is 11.2 Å². The minimum atomic E-state index is -0.598. The van der Waals surface area contributed by atoms with E-state index in [4.69, 9.17) is 4.42 Å². The Hall–Kier alpha value is -9.18. The number of hydrogen-bond acceptors (Lipinski definition) is 2. The fraction of sp³-hybridized carbons (Fsp3) is 0.0571. The molecule has 0 saturated carbocycles. The third kappa shape index (κ3) is 5.33. The van der Waals surface area contributed by atoms with Gasteiger partial charge < -0.3 is 13.9 Å². The van der Waals surface area contributed by atoms with Crippen molar-refractivity contribution in [2.24, 2.45) is 0 Å². The fourth-order valence-corrected chi connectivity index (χ4v) is 13.7. The van der Waals surface area contributed by atoms with Crippen LogP contribution in [0.5, 0.6) is 0 Å². The normalized spacial score (nSPS) is 15.4. The van der Waals surface area contributed by atoms with Gasteiger partial charge in [-0.05, 0) is 145 Å². The number of nitrogens with zero attached hydrogens (tertiary/aromatic N) is 2. The molecule has 0 amide bonds. The summed E-state index contributed by atoms with van der Waals surface area (Å²) in [4.78, 5) is 2.53. The molecule has 2 heterocycles. The van der Waals surface area contributed by atoms with Crippen LogP contribution in [0.15, 0.2) is 247 Å². The number of fused-ring (bicyclic) bond motifs is 20. The molecule has 0 fully saturated rings. The predicted octanol–water partition coefficient (Wildman–Crippen LogP) is 18.5. The maximum Gasteiger partial charge on any atom is 0.135 e. The van der Waals surface area contributed by atoms with Crippen molar-refractivity contribution >= 4 is 60.8 Å². The van der Waals surface area contributed by atoms with Crippen LogP contribution in [-0.2, 0) is 10.8 Å². The predicted molar refractivity (Wildman–Crippen MR) is 302 cm³/mol. The zero-order valence-corrected chi connectivity index (χ0v) is 40.4. The van der Waals surface area contributed by atoms with Crippen LogP contribution in [0.4, 0.5) is 17.1 Å². The van der Waals surface area contributed by atoms with Crippen LogP contribution in [-0.4, -0.2) is 4.57 Å². The van der Waals surface area contributed by atoms with Gasteiger partial charge in [0.05, 0.1) is 22.1 Å². The molecular formula is C70H46N2O. The molecule has 0 aliphatic heterocycles. The summed E-state index contributed by atoms with van der Waals surface area (Å²) in [6.07, 6.45) is 0. The average Bonchev–Trinajstić information content (AvgIpc) is 4.21. The lowest BCUT2D eigenvalue weighted by Crippen LogP contribution is -2.26. The van der Waals surface area contributed by atoms with Crippen molar-refractivity contribution in [2.75, 3.05) is 4.90 Å². The molecule has 11 aromatic carbocycles. The molecule has 3 aliphatic rings. The molecule has 13 aromatic rings. The first kappa shape index (κ1) is 40.5. The number of furan rings is 1. The number of aromatic nitrogens is 1. The van der Waals surface area contributed by atoms with Gasteiger partial charge >= 0.3 is 0 Å². The number of para-hydroxylation sites is 3. The van der Waals surface area contributed by atoms with Crippen molar-refractivity contribution < 1.29 is 4.42 Å². The van der Waals surface area contributed by atoms with E-state index in [0.717, 1.165) is 39.3 Å². The van der Waals surface area contributed by atoms with E-state index >= 15 is 0 Å². The largest absolute Gasteiger partial charge is 0.456 e. The van der Waals surface area contributed by atoms with E-state index < -0.39 is 5.41 Å². The molecule has 1 unspecified atom stereocenters. The van der Waals surface area contributed by atoms with Gasteiger partial charge in [-0.25, -0.2) is 0 Å². The average molecular weight is 931 g/mol. The second kappa shape index (κ2) is 14.7. The van der Waals surface area contributed by atoms with Crippen molar-refractivity contribution in [1.82, 2.24) is 4.57 Å². The van der Waals surface area contributed by atoms with Gasteiger partial charge in [0.2, 0.25) is 0 Å². The van der Waals surface area contributed by atoms with Gasteiger partial charge in [-0.1, -0.05) is 184 Å². The molecule has 73 heavy (non-hydrogen) atoms. The highest BCUT2D eigenvalue weighted by Crippen LogP contribution is 2.66. The van der Waals surface area contributed by atoms with E-state index in [1.54, 1.807) is 0 Å². The molecule has 16 rings (SSSR count). The maximum absolute atomic E-state index is 6.70. The standard InChI is InChI=1S/C70H46N2O/c1-69(2)56-24-11-6-19-48(56)50-37-36-47(42-60(50)69)71(46-34-31-43(32-35-46)44-33-39-62-55(41-44)51-21-9-14-28-61(51)72(62)45-17-4-3-5-18-45)63-29-16-27-59-66(63)53-22-8-13-26-58(53)70(59)57-25-12-7-20-49(57)52-38-40-65-67(68(52)70)54-23-10-15-30-64(54)73-65/h3-42H,1-2H3. The van der Waals surface area contributed by atoms with Gasteiger partial charge in [-0.2, -0.15) is 0 Å². The number of benzene rings is 11. The maximum atomic E-state index is 6.70. The molecule has 0 radical (unpaired) electrons. The van der Waals surface area contributed by atoms with Crippen LogP contribution < -0.4 is 4.90 Å². The Morgan fingerprint density at radius 1 is 0.384 bits per heavy atom. The lowest BCUT2D eigenvalue weighted by molar-refractivity contribution is 0.660. The third-order valence-electron chi connectivity index (χ3n) is 16.8. The molecule has 342 valence electrons. The van der Waals surface area contributed by atoms with Crippen LogP contribution in [0, 0.1) is 0 Å². The Morgan fingerprint density at radius 3 is 1.81 bits per heavy atom. The quantitative estimate of drug-likeness (QED) is 0.171. The monoisotopic (exact) mass is 930 g/mol. The van der Waals surface area contributed by atoms with E-state index in [1.807, 2.05) is 0 Å². The van der Waals surface area contributed by atoms with Crippen molar-refractivity contribution in [3.8, 4) is 50.2 Å². The summed E-state index contributed by atoms with van der Waals surface area (Å²) in [7, 11) is 0. The summed E-state index contributed by atoms with van der Waals surface area (Å²) < 4.78 is 9.09. The Labute approximate surface area is 423 Å². The zero-order chi connectivity index (χ0) is 48.2. The first-order valence-electron chi connectivity index (χ1n) is 25.5. The van der Waals surface area contributed by atoms with Crippen molar-refractivity contribution in [1.29, 1.82) is 0 Å². The van der Waals surface area contributed by atoms with Crippen LogP contribution in [0.3, 0.4) is 0 Å². The Morgan fingerprint density at radius 2 is 0.986 bits per heavy atom. The van der Waals surface area contributed by atoms with E-state index in [9.17, 15) is 0 Å². The van der Waals surface area contributed by atoms with Gasteiger partial charge in [-0.15, -0.1) is 0 Å². The zero-order valence-electron chi connectivity index (χ0n) is 40.4. The summed E-state index contributed by atoms with van der Waals surface area (Å²) in [6.45, 7) is 4.76. The Balaban J connectivity index is 0.926. The van der Waals surface area contributed by atoms with Crippen LogP contribution in [0.2, 0.25) is 0 Å². The Bertz CT molecular complexity index is 4470. The molecule has 0 bridgehead atoms. The van der Waals surface area contributed by atoms with Gasteiger partial charge in [-0.3, -0.25) is 0 Å². The lowest BCUT2D eigenvalue weighted by atomic mass is 9.69. The summed E-state index contributed by atoms with van der Waals surface area (Å²) >= 11 is 0. The highest BCUT2D eigenvalue weighted by Gasteiger charge is 2.54. The topological polar surface area (TPSA) is 21.3 Å². The number of hydrogen-bond donors (Lipinski definition) is 0. The van der Waals surface area contributed by atoms with Gasteiger partial charge in [0, 0.05) is 49.6 Å². The highest BCUT2D eigenvalue weighted by molar-refractivity contribution is 6.14. The number of anilines is 3. The second-order valence-electron chi connectivity index (χ2n) is 20.7. The first-order valence-corrected chi connectivity index (χ1v) is 25.5. The molecule has 1 spiro atoms.